The summed E-state index contributed by atoms with van der Waals surface area (Å²) in [7, 11) is 1.40. The Kier molecular flexibility index (Phi) is 6.09. The zero-order valence-corrected chi connectivity index (χ0v) is 12.1. The molecule has 0 fully saturated rings. The molecule has 19 heavy (non-hydrogen) atoms. The van der Waals surface area contributed by atoms with Crippen LogP contribution in [0, 0.1) is 11.7 Å². The van der Waals surface area contributed by atoms with Crippen molar-refractivity contribution in [2.75, 3.05) is 13.7 Å². The first-order valence-corrected chi connectivity index (χ1v) is 6.64. The highest BCUT2D eigenvalue weighted by Gasteiger charge is 2.18. The SMILES string of the molecule is COc1cccc(F)c1C(=O)NCC(Cl)CC(C)C. The van der Waals surface area contributed by atoms with E-state index < -0.39 is 11.7 Å². The number of nitrogens with one attached hydrogen (secondary N) is 1. The number of hydrogen-bond donors (Lipinski definition) is 1. The molecule has 0 aromatic heterocycles. The fraction of sp³-hybridized carbons (Fsp3) is 0.500. The Bertz CT molecular complexity index is 437. The van der Waals surface area contributed by atoms with Crippen molar-refractivity contribution in [3.63, 3.8) is 0 Å². The maximum absolute atomic E-state index is 13.6. The normalized spacial score (nSPS) is 12.3. The molecule has 0 spiro atoms. The van der Waals surface area contributed by atoms with Crippen LogP contribution in [-0.2, 0) is 0 Å². The third-order valence-electron chi connectivity index (χ3n) is 2.63. The maximum Gasteiger partial charge on any atom is 0.258 e. The van der Waals surface area contributed by atoms with Crippen LogP contribution in [0.25, 0.3) is 0 Å². The Labute approximate surface area is 118 Å². The third-order valence-corrected chi connectivity index (χ3v) is 2.97. The molecule has 0 heterocycles. The van der Waals surface area contributed by atoms with Crippen LogP contribution < -0.4 is 10.1 Å². The van der Waals surface area contributed by atoms with Gasteiger partial charge in [0.15, 0.2) is 0 Å². The zero-order valence-electron chi connectivity index (χ0n) is 11.4. The minimum atomic E-state index is -0.605. The first-order valence-electron chi connectivity index (χ1n) is 6.20. The van der Waals surface area contributed by atoms with E-state index in [2.05, 4.69) is 19.2 Å². The van der Waals surface area contributed by atoms with Crippen molar-refractivity contribution in [3.05, 3.63) is 29.6 Å². The Morgan fingerprint density at radius 1 is 1.47 bits per heavy atom. The van der Waals surface area contributed by atoms with Crippen molar-refractivity contribution < 1.29 is 13.9 Å². The van der Waals surface area contributed by atoms with Gasteiger partial charge in [-0.1, -0.05) is 19.9 Å². The second-order valence-corrected chi connectivity index (χ2v) is 5.37. The molecule has 0 bridgehead atoms. The van der Waals surface area contributed by atoms with E-state index in [0.717, 1.165) is 6.42 Å². The summed E-state index contributed by atoms with van der Waals surface area (Å²) in [6.45, 7) is 4.41. The standard InChI is InChI=1S/C14H19ClFNO2/c1-9(2)7-10(15)8-17-14(18)13-11(16)5-4-6-12(13)19-3/h4-6,9-10H,7-8H2,1-3H3,(H,17,18). The number of benzene rings is 1. The molecule has 106 valence electrons. The first-order chi connectivity index (χ1) is 8.95. The lowest BCUT2D eigenvalue weighted by atomic mass is 10.1. The predicted octanol–water partition coefficient (Wildman–Crippen LogP) is 3.22. The number of halogens is 2. The second-order valence-electron chi connectivity index (χ2n) is 4.75. The number of amides is 1. The Morgan fingerprint density at radius 2 is 2.16 bits per heavy atom. The van der Waals surface area contributed by atoms with Gasteiger partial charge in [0.2, 0.25) is 0 Å². The van der Waals surface area contributed by atoms with Gasteiger partial charge in [0.1, 0.15) is 17.1 Å². The van der Waals surface area contributed by atoms with Crippen LogP contribution in [0.1, 0.15) is 30.6 Å². The second kappa shape index (κ2) is 7.34. The van der Waals surface area contributed by atoms with Crippen molar-refractivity contribution in [3.8, 4) is 5.75 Å². The third kappa shape index (κ3) is 4.71. The number of rotatable bonds is 6. The van der Waals surface area contributed by atoms with Gasteiger partial charge in [0.05, 0.1) is 12.5 Å². The van der Waals surface area contributed by atoms with E-state index >= 15 is 0 Å². The number of carbonyl (C=O) groups is 1. The van der Waals surface area contributed by atoms with Gasteiger partial charge in [-0.2, -0.15) is 0 Å². The number of ether oxygens (including phenoxy) is 1. The molecule has 1 unspecified atom stereocenters. The molecule has 0 aliphatic carbocycles. The van der Waals surface area contributed by atoms with Crippen LogP contribution in [-0.4, -0.2) is 24.9 Å². The molecule has 0 saturated carbocycles. The van der Waals surface area contributed by atoms with Crippen molar-refractivity contribution in [2.45, 2.75) is 25.6 Å². The van der Waals surface area contributed by atoms with Gasteiger partial charge in [-0.3, -0.25) is 4.79 Å². The van der Waals surface area contributed by atoms with Crippen LogP contribution in [0.3, 0.4) is 0 Å². The molecule has 3 nitrogen and oxygen atoms in total. The number of alkyl halides is 1. The van der Waals surface area contributed by atoms with Crippen molar-refractivity contribution in [1.82, 2.24) is 5.32 Å². The molecule has 1 atom stereocenters. The maximum atomic E-state index is 13.6. The van der Waals surface area contributed by atoms with Gasteiger partial charge in [-0.25, -0.2) is 4.39 Å². The number of hydrogen-bond acceptors (Lipinski definition) is 2. The highest BCUT2D eigenvalue weighted by molar-refractivity contribution is 6.21. The van der Waals surface area contributed by atoms with Crippen LogP contribution in [0.5, 0.6) is 5.75 Å². The van der Waals surface area contributed by atoms with Gasteiger partial charge in [0.25, 0.3) is 5.91 Å². The molecule has 1 amide bonds. The average Bonchev–Trinajstić information content (AvgIpc) is 2.34. The lowest BCUT2D eigenvalue weighted by Crippen LogP contribution is -2.31. The van der Waals surface area contributed by atoms with Crippen LogP contribution in [0.15, 0.2) is 18.2 Å². The molecule has 1 aromatic carbocycles. The van der Waals surface area contributed by atoms with E-state index in [9.17, 15) is 9.18 Å². The molecule has 0 radical (unpaired) electrons. The summed E-state index contributed by atoms with van der Waals surface area (Å²) in [5.74, 6) is -0.453. The fourth-order valence-electron chi connectivity index (χ4n) is 1.78. The summed E-state index contributed by atoms with van der Waals surface area (Å²) in [5, 5.41) is 2.46. The Hall–Kier alpha value is -1.29. The van der Waals surface area contributed by atoms with E-state index in [0.29, 0.717) is 12.5 Å². The van der Waals surface area contributed by atoms with Gasteiger partial charge < -0.3 is 10.1 Å². The molecule has 0 aliphatic heterocycles. The summed E-state index contributed by atoms with van der Waals surface area (Å²) >= 11 is 6.08. The lowest BCUT2D eigenvalue weighted by molar-refractivity contribution is 0.0945. The highest BCUT2D eigenvalue weighted by Crippen LogP contribution is 2.21. The topological polar surface area (TPSA) is 38.3 Å². The van der Waals surface area contributed by atoms with E-state index in [1.54, 1.807) is 6.07 Å². The largest absolute Gasteiger partial charge is 0.496 e. The molecular weight excluding hydrogens is 269 g/mol. The smallest absolute Gasteiger partial charge is 0.258 e. The predicted molar refractivity (Wildman–Crippen MR) is 74.4 cm³/mol. The molecule has 5 heteroatoms. The minimum Gasteiger partial charge on any atom is -0.496 e. The van der Waals surface area contributed by atoms with Gasteiger partial charge in [-0.05, 0) is 24.5 Å². The van der Waals surface area contributed by atoms with Crippen molar-refractivity contribution in [2.24, 2.45) is 5.92 Å². The Morgan fingerprint density at radius 3 is 2.74 bits per heavy atom. The van der Waals surface area contributed by atoms with Gasteiger partial charge >= 0.3 is 0 Å². The summed E-state index contributed by atoms with van der Waals surface area (Å²) in [5.41, 5.74) is -0.0848. The zero-order chi connectivity index (χ0) is 14.4. The minimum absolute atomic E-state index is 0.0848. The monoisotopic (exact) mass is 287 g/mol. The quantitative estimate of drug-likeness (QED) is 0.816. The van der Waals surface area contributed by atoms with Crippen LogP contribution >= 0.6 is 11.6 Å². The molecular formula is C14H19ClFNO2. The van der Waals surface area contributed by atoms with E-state index in [1.165, 1.54) is 19.2 Å². The van der Waals surface area contributed by atoms with Gasteiger partial charge in [0, 0.05) is 6.54 Å². The molecule has 1 rings (SSSR count). The van der Waals surface area contributed by atoms with E-state index in [-0.39, 0.29) is 16.7 Å². The number of methoxy groups -OCH3 is 1. The fourth-order valence-corrected chi connectivity index (χ4v) is 2.21. The molecule has 1 aromatic rings. The first kappa shape index (κ1) is 15.8. The van der Waals surface area contributed by atoms with Crippen LogP contribution in [0.4, 0.5) is 4.39 Å². The molecule has 0 aliphatic rings. The van der Waals surface area contributed by atoms with E-state index in [4.69, 9.17) is 16.3 Å². The van der Waals surface area contributed by atoms with Crippen molar-refractivity contribution >= 4 is 17.5 Å². The molecule has 1 N–H and O–H groups in total. The summed E-state index contributed by atoms with van der Waals surface area (Å²) < 4.78 is 18.6. The summed E-state index contributed by atoms with van der Waals surface area (Å²) in [6.07, 6.45) is 0.788. The summed E-state index contributed by atoms with van der Waals surface area (Å²) in [6, 6.07) is 4.27. The van der Waals surface area contributed by atoms with Crippen LogP contribution in [0.2, 0.25) is 0 Å². The lowest BCUT2D eigenvalue weighted by Gasteiger charge is -2.14. The van der Waals surface area contributed by atoms with E-state index in [1.807, 2.05) is 0 Å². The van der Waals surface area contributed by atoms with Gasteiger partial charge in [-0.15, -0.1) is 11.6 Å². The number of carbonyl (C=O) groups excluding carboxylic acids is 1. The van der Waals surface area contributed by atoms with Crippen molar-refractivity contribution in [1.29, 1.82) is 0 Å². The molecule has 0 saturated heterocycles. The summed E-state index contributed by atoms with van der Waals surface area (Å²) in [4.78, 5) is 11.9. The highest BCUT2D eigenvalue weighted by atomic mass is 35.5. The Balaban J connectivity index is 2.68. The average molecular weight is 288 g/mol.